The molecule has 1 aromatic carbocycles. The van der Waals surface area contributed by atoms with Gasteiger partial charge in [-0.2, -0.15) is 0 Å². The highest BCUT2D eigenvalue weighted by atomic mass is 32.1. The van der Waals surface area contributed by atoms with Crippen LogP contribution in [0.3, 0.4) is 0 Å². The molecule has 0 N–H and O–H groups in total. The highest BCUT2D eigenvalue weighted by Gasteiger charge is 2.27. The Kier molecular flexibility index (Phi) is 5.17. The van der Waals surface area contributed by atoms with Crippen molar-refractivity contribution in [2.24, 2.45) is 11.8 Å². The van der Waals surface area contributed by atoms with Gasteiger partial charge in [-0.25, -0.2) is 9.36 Å². The summed E-state index contributed by atoms with van der Waals surface area (Å²) in [4.78, 5) is 41.3. The maximum Gasteiger partial charge on any atom is 0.336 e. The molecular formula is C22H25N3O3S. The molecule has 0 radical (unpaired) electrons. The molecule has 1 amide bonds. The summed E-state index contributed by atoms with van der Waals surface area (Å²) in [6.45, 7) is 7.53. The lowest BCUT2D eigenvalue weighted by molar-refractivity contribution is -0.134. The number of fused-ring (bicyclic) bond motifs is 1. The first-order valence-corrected chi connectivity index (χ1v) is 10.8. The highest BCUT2D eigenvalue weighted by Crippen LogP contribution is 2.22. The van der Waals surface area contributed by atoms with Crippen LogP contribution >= 0.6 is 11.3 Å². The van der Waals surface area contributed by atoms with Crippen LogP contribution < -0.4 is 11.2 Å². The van der Waals surface area contributed by atoms with Gasteiger partial charge >= 0.3 is 5.69 Å². The molecule has 2 aromatic heterocycles. The minimum atomic E-state index is -0.471. The van der Waals surface area contributed by atoms with Gasteiger partial charge < -0.3 is 4.90 Å². The van der Waals surface area contributed by atoms with Crippen LogP contribution in [0.5, 0.6) is 0 Å². The van der Waals surface area contributed by atoms with Crippen molar-refractivity contribution in [2.45, 2.75) is 33.7 Å². The standard InChI is InChI=1S/C22H25N3O3S/c1-14-10-15(2)12-23(11-14)19(26)13-24-18-8-9-29-20(18)21(27)25(22(24)28)17-7-5-4-6-16(17)3/h4-9,14-15H,10-13H2,1-3H3/t14-,15+. The largest absolute Gasteiger partial charge is 0.341 e. The summed E-state index contributed by atoms with van der Waals surface area (Å²) in [6.07, 6.45) is 1.11. The Morgan fingerprint density at radius 1 is 1.10 bits per heavy atom. The molecule has 0 bridgehead atoms. The number of hydrogen-bond donors (Lipinski definition) is 0. The van der Waals surface area contributed by atoms with Crippen molar-refractivity contribution >= 4 is 27.5 Å². The SMILES string of the molecule is Cc1ccccc1-n1c(=O)c2sccc2n(CC(=O)N2C[C@H](C)C[C@H](C)C2)c1=O. The number of nitrogens with zero attached hydrogens (tertiary/aromatic N) is 3. The zero-order valence-electron chi connectivity index (χ0n) is 16.9. The number of piperidine rings is 1. The summed E-state index contributed by atoms with van der Waals surface area (Å²) in [5.41, 5.74) is 1.11. The first-order chi connectivity index (χ1) is 13.9. The van der Waals surface area contributed by atoms with Crippen LogP contribution in [0.4, 0.5) is 0 Å². The van der Waals surface area contributed by atoms with Gasteiger partial charge in [0.15, 0.2) is 0 Å². The number of carbonyl (C=O) groups is 1. The summed E-state index contributed by atoms with van der Waals surface area (Å²) >= 11 is 1.30. The van der Waals surface area contributed by atoms with Gasteiger partial charge in [0, 0.05) is 13.1 Å². The Morgan fingerprint density at radius 2 is 1.79 bits per heavy atom. The maximum atomic E-state index is 13.4. The monoisotopic (exact) mass is 411 g/mol. The van der Waals surface area contributed by atoms with Crippen LogP contribution in [0.15, 0.2) is 45.3 Å². The van der Waals surface area contributed by atoms with Gasteiger partial charge in [0.25, 0.3) is 5.56 Å². The number of amides is 1. The Morgan fingerprint density at radius 3 is 2.48 bits per heavy atom. The van der Waals surface area contributed by atoms with Gasteiger partial charge in [0.05, 0.1) is 11.2 Å². The van der Waals surface area contributed by atoms with Crippen molar-refractivity contribution in [3.63, 3.8) is 0 Å². The van der Waals surface area contributed by atoms with E-state index < -0.39 is 5.69 Å². The Labute approximate surface area is 173 Å². The Balaban J connectivity index is 1.82. The fourth-order valence-corrected chi connectivity index (χ4v) is 5.19. The van der Waals surface area contributed by atoms with Crippen LogP contribution in [0.2, 0.25) is 0 Å². The number of carbonyl (C=O) groups excluding carboxylic acids is 1. The van der Waals surface area contributed by atoms with Gasteiger partial charge in [-0.15, -0.1) is 11.3 Å². The van der Waals surface area contributed by atoms with E-state index in [2.05, 4.69) is 13.8 Å². The van der Waals surface area contributed by atoms with Crippen LogP contribution in [-0.2, 0) is 11.3 Å². The fourth-order valence-electron chi connectivity index (χ4n) is 4.37. The second-order valence-corrected chi connectivity index (χ2v) is 9.09. The predicted molar refractivity (Wildman–Crippen MR) is 116 cm³/mol. The van der Waals surface area contributed by atoms with E-state index in [0.29, 0.717) is 40.8 Å². The molecule has 4 rings (SSSR count). The van der Waals surface area contributed by atoms with Crippen molar-refractivity contribution in [3.8, 4) is 5.69 Å². The third-order valence-electron chi connectivity index (χ3n) is 5.63. The summed E-state index contributed by atoms with van der Waals surface area (Å²) in [5, 5.41) is 1.79. The first kappa shape index (κ1) is 19.6. The Hall–Kier alpha value is -2.67. The molecule has 0 spiro atoms. The number of para-hydroxylation sites is 1. The molecule has 1 fully saturated rings. The van der Waals surface area contributed by atoms with Crippen LogP contribution in [0.25, 0.3) is 15.9 Å². The lowest BCUT2D eigenvalue weighted by atomic mass is 9.92. The van der Waals surface area contributed by atoms with E-state index in [1.54, 1.807) is 23.6 Å². The number of benzene rings is 1. The lowest BCUT2D eigenvalue weighted by Gasteiger charge is -2.35. The first-order valence-electron chi connectivity index (χ1n) is 9.93. The van der Waals surface area contributed by atoms with E-state index in [-0.39, 0.29) is 18.0 Å². The molecule has 1 saturated heterocycles. The van der Waals surface area contributed by atoms with Crippen molar-refractivity contribution in [3.05, 3.63) is 62.1 Å². The second kappa shape index (κ2) is 7.63. The minimum Gasteiger partial charge on any atom is -0.341 e. The van der Waals surface area contributed by atoms with E-state index in [9.17, 15) is 14.4 Å². The fraction of sp³-hybridized carbons (Fsp3) is 0.409. The normalized spacial score (nSPS) is 19.6. The number of aryl methyl sites for hydroxylation is 1. The topological polar surface area (TPSA) is 64.3 Å². The molecule has 7 heteroatoms. The molecule has 3 aromatic rings. The quantitative estimate of drug-likeness (QED) is 0.666. The number of rotatable bonds is 3. The Bertz CT molecular complexity index is 1180. The summed E-state index contributed by atoms with van der Waals surface area (Å²) in [6, 6.07) is 9.05. The van der Waals surface area contributed by atoms with Crippen LogP contribution in [0.1, 0.15) is 25.8 Å². The number of hydrogen-bond acceptors (Lipinski definition) is 4. The summed E-state index contributed by atoms with van der Waals surface area (Å²) in [5.74, 6) is 0.816. The predicted octanol–water partition coefficient (Wildman–Crippen LogP) is 3.03. The molecule has 1 aliphatic heterocycles. The molecule has 0 unspecified atom stereocenters. The van der Waals surface area contributed by atoms with Crippen molar-refractivity contribution in [1.29, 1.82) is 0 Å². The van der Waals surface area contributed by atoms with E-state index in [0.717, 1.165) is 12.0 Å². The zero-order valence-corrected chi connectivity index (χ0v) is 17.7. The molecule has 1 aliphatic rings. The molecule has 2 atom stereocenters. The molecular weight excluding hydrogens is 386 g/mol. The van der Waals surface area contributed by atoms with E-state index >= 15 is 0 Å². The lowest BCUT2D eigenvalue weighted by Crippen LogP contribution is -2.46. The molecule has 0 aliphatic carbocycles. The molecule has 152 valence electrons. The van der Waals surface area contributed by atoms with Gasteiger partial charge in [0.1, 0.15) is 11.2 Å². The van der Waals surface area contributed by atoms with Crippen molar-refractivity contribution in [1.82, 2.24) is 14.0 Å². The van der Waals surface area contributed by atoms with Crippen LogP contribution in [0, 0.1) is 18.8 Å². The molecule has 0 saturated carbocycles. The van der Waals surface area contributed by atoms with E-state index in [1.165, 1.54) is 20.5 Å². The second-order valence-electron chi connectivity index (χ2n) is 8.18. The maximum absolute atomic E-state index is 13.4. The highest BCUT2D eigenvalue weighted by molar-refractivity contribution is 7.17. The van der Waals surface area contributed by atoms with Gasteiger partial charge in [-0.1, -0.05) is 32.0 Å². The zero-order chi connectivity index (χ0) is 20.7. The minimum absolute atomic E-state index is 0.0579. The van der Waals surface area contributed by atoms with Crippen molar-refractivity contribution in [2.75, 3.05) is 13.1 Å². The molecule has 3 heterocycles. The van der Waals surface area contributed by atoms with E-state index in [4.69, 9.17) is 0 Å². The summed E-state index contributed by atoms with van der Waals surface area (Å²) in [7, 11) is 0. The smallest absolute Gasteiger partial charge is 0.336 e. The average molecular weight is 412 g/mol. The molecule has 6 nitrogen and oxygen atoms in total. The number of aromatic nitrogens is 2. The molecule has 29 heavy (non-hydrogen) atoms. The third-order valence-corrected chi connectivity index (χ3v) is 6.52. The third kappa shape index (κ3) is 3.55. The average Bonchev–Trinajstić information content (AvgIpc) is 3.16. The number of likely N-dealkylation sites (tertiary alicyclic amines) is 1. The van der Waals surface area contributed by atoms with Gasteiger partial charge in [0.2, 0.25) is 5.91 Å². The van der Waals surface area contributed by atoms with Gasteiger partial charge in [-0.05, 0) is 48.3 Å². The summed E-state index contributed by atoms with van der Waals surface area (Å²) < 4.78 is 3.13. The van der Waals surface area contributed by atoms with Crippen LogP contribution in [-0.4, -0.2) is 33.0 Å². The van der Waals surface area contributed by atoms with E-state index in [1.807, 2.05) is 24.0 Å². The number of thiophene rings is 1. The van der Waals surface area contributed by atoms with Crippen molar-refractivity contribution < 1.29 is 4.79 Å². The van der Waals surface area contributed by atoms with Gasteiger partial charge in [-0.3, -0.25) is 14.2 Å².